The van der Waals surface area contributed by atoms with Crippen molar-refractivity contribution in [1.29, 1.82) is 0 Å². The first-order chi connectivity index (χ1) is 8.15. The summed E-state index contributed by atoms with van der Waals surface area (Å²) in [6, 6.07) is 3.68. The monoisotopic (exact) mass is 269 g/mol. The van der Waals surface area contributed by atoms with Crippen LogP contribution >= 0.6 is 22.9 Å². The van der Waals surface area contributed by atoms with Crippen LogP contribution in [0, 0.1) is 6.92 Å². The normalized spacial score (nSPS) is 10.6. The molecule has 90 valence electrons. The van der Waals surface area contributed by atoms with E-state index >= 15 is 0 Å². The molecule has 0 saturated heterocycles. The van der Waals surface area contributed by atoms with Crippen LogP contribution in [-0.2, 0) is 6.61 Å². The highest BCUT2D eigenvalue weighted by molar-refractivity contribution is 7.13. The Hall–Kier alpha value is -1.10. The van der Waals surface area contributed by atoms with Gasteiger partial charge in [0, 0.05) is 10.4 Å². The van der Waals surface area contributed by atoms with Gasteiger partial charge in [0.2, 0.25) is 0 Å². The molecule has 3 nitrogen and oxygen atoms in total. The van der Waals surface area contributed by atoms with Gasteiger partial charge in [-0.05, 0) is 24.6 Å². The third-order valence-corrected chi connectivity index (χ3v) is 3.53. The zero-order valence-electron chi connectivity index (χ0n) is 9.53. The molecule has 1 N–H and O–H groups in total. The Kier molecular flexibility index (Phi) is 3.66. The topological polar surface area (TPSA) is 42.4 Å². The number of hydrogen-bond acceptors (Lipinski definition) is 4. The van der Waals surface area contributed by atoms with E-state index in [2.05, 4.69) is 4.98 Å². The summed E-state index contributed by atoms with van der Waals surface area (Å²) in [5, 5.41) is 12.3. The number of aryl methyl sites for hydroxylation is 1. The van der Waals surface area contributed by atoms with E-state index < -0.39 is 0 Å². The molecule has 1 aromatic carbocycles. The molecule has 17 heavy (non-hydrogen) atoms. The highest BCUT2D eigenvalue weighted by atomic mass is 35.5. The molecule has 5 heteroatoms. The average Bonchev–Trinajstić information content (AvgIpc) is 2.76. The maximum Gasteiger partial charge on any atom is 0.132 e. The highest BCUT2D eigenvalue weighted by Crippen LogP contribution is 2.37. The number of thiazole rings is 1. The van der Waals surface area contributed by atoms with Crippen molar-refractivity contribution in [3.63, 3.8) is 0 Å². The minimum atomic E-state index is -0.0572. The number of benzene rings is 1. The summed E-state index contributed by atoms with van der Waals surface area (Å²) >= 11 is 7.51. The van der Waals surface area contributed by atoms with E-state index in [1.807, 2.05) is 24.4 Å². The molecule has 0 aliphatic rings. The number of nitrogens with zero attached hydrogens (tertiary/aromatic N) is 1. The van der Waals surface area contributed by atoms with Gasteiger partial charge in [-0.3, -0.25) is 0 Å². The van der Waals surface area contributed by atoms with Gasteiger partial charge < -0.3 is 9.84 Å². The van der Waals surface area contributed by atoms with Gasteiger partial charge in [0.1, 0.15) is 10.8 Å². The van der Waals surface area contributed by atoms with E-state index in [0.29, 0.717) is 10.7 Å². The van der Waals surface area contributed by atoms with Gasteiger partial charge in [-0.2, -0.15) is 0 Å². The minimum Gasteiger partial charge on any atom is -0.496 e. The van der Waals surface area contributed by atoms with E-state index in [0.717, 1.165) is 21.9 Å². The molecule has 0 fully saturated rings. The second kappa shape index (κ2) is 5.04. The third-order valence-electron chi connectivity index (χ3n) is 2.39. The number of rotatable bonds is 3. The van der Waals surface area contributed by atoms with Gasteiger partial charge in [-0.25, -0.2) is 4.98 Å². The molecule has 2 rings (SSSR count). The Bertz CT molecular complexity index is 539. The molecule has 0 bridgehead atoms. The zero-order chi connectivity index (χ0) is 12.4. The number of methoxy groups -OCH3 is 1. The average molecular weight is 270 g/mol. The number of ether oxygens (including phenoxy) is 1. The molecule has 0 spiro atoms. The zero-order valence-corrected chi connectivity index (χ0v) is 11.1. The van der Waals surface area contributed by atoms with Crippen molar-refractivity contribution in [3.05, 3.63) is 33.8 Å². The lowest BCUT2D eigenvalue weighted by atomic mass is 10.1. The first kappa shape index (κ1) is 12.4. The van der Waals surface area contributed by atoms with E-state index in [4.69, 9.17) is 21.4 Å². The maximum atomic E-state index is 9.02. The summed E-state index contributed by atoms with van der Waals surface area (Å²) < 4.78 is 5.37. The Labute approximate surface area is 109 Å². The van der Waals surface area contributed by atoms with Crippen LogP contribution in [0.5, 0.6) is 5.75 Å². The molecule has 0 radical (unpaired) electrons. The van der Waals surface area contributed by atoms with Gasteiger partial charge in [-0.1, -0.05) is 11.6 Å². The summed E-state index contributed by atoms with van der Waals surface area (Å²) in [5.74, 6) is 0.772. The fourth-order valence-corrected chi connectivity index (χ4v) is 2.76. The number of hydrogen-bond donors (Lipinski definition) is 1. The van der Waals surface area contributed by atoms with Gasteiger partial charge >= 0.3 is 0 Å². The fourth-order valence-electron chi connectivity index (χ4n) is 1.66. The van der Waals surface area contributed by atoms with Crippen LogP contribution in [-0.4, -0.2) is 17.2 Å². The lowest BCUT2D eigenvalue weighted by Crippen LogP contribution is -1.92. The SMILES string of the molecule is COc1c(C)cc(Cl)cc1-c1nc(CO)cs1. The smallest absolute Gasteiger partial charge is 0.132 e. The van der Waals surface area contributed by atoms with Crippen molar-refractivity contribution in [2.24, 2.45) is 0 Å². The lowest BCUT2D eigenvalue weighted by molar-refractivity contribution is 0.278. The molecule has 2 aromatic rings. The quantitative estimate of drug-likeness (QED) is 0.930. The van der Waals surface area contributed by atoms with Crippen molar-refractivity contribution < 1.29 is 9.84 Å². The summed E-state index contributed by atoms with van der Waals surface area (Å²) in [6.45, 7) is 1.88. The molecule has 0 aliphatic carbocycles. The molecular formula is C12H12ClNO2S. The maximum absolute atomic E-state index is 9.02. The van der Waals surface area contributed by atoms with Crippen LogP contribution in [0.25, 0.3) is 10.6 Å². The molecular weight excluding hydrogens is 258 g/mol. The summed E-state index contributed by atoms with van der Waals surface area (Å²) in [7, 11) is 1.63. The Morgan fingerprint density at radius 2 is 2.24 bits per heavy atom. The number of aliphatic hydroxyl groups is 1. The van der Waals surface area contributed by atoms with Crippen molar-refractivity contribution in [1.82, 2.24) is 4.98 Å². The standard InChI is InChI=1S/C12H12ClNO2S/c1-7-3-8(13)4-10(11(7)16-2)12-14-9(5-15)6-17-12/h3-4,6,15H,5H2,1-2H3. The fraction of sp³-hybridized carbons (Fsp3) is 0.250. The van der Waals surface area contributed by atoms with Gasteiger partial charge in [-0.15, -0.1) is 11.3 Å². The molecule has 0 saturated carbocycles. The van der Waals surface area contributed by atoms with E-state index in [1.165, 1.54) is 11.3 Å². The third kappa shape index (κ3) is 2.44. The van der Waals surface area contributed by atoms with Crippen molar-refractivity contribution in [2.45, 2.75) is 13.5 Å². The molecule has 1 aromatic heterocycles. The van der Waals surface area contributed by atoms with Crippen molar-refractivity contribution in [2.75, 3.05) is 7.11 Å². The second-order valence-electron chi connectivity index (χ2n) is 3.61. The predicted molar refractivity (Wildman–Crippen MR) is 69.8 cm³/mol. The summed E-state index contributed by atoms with van der Waals surface area (Å²) in [6.07, 6.45) is 0. The van der Waals surface area contributed by atoms with Crippen LogP contribution in [0.15, 0.2) is 17.5 Å². The molecule has 0 atom stereocenters. The van der Waals surface area contributed by atoms with Gasteiger partial charge in [0.15, 0.2) is 0 Å². The van der Waals surface area contributed by atoms with Gasteiger partial charge in [0.05, 0.1) is 25.0 Å². The van der Waals surface area contributed by atoms with Crippen LogP contribution in [0.4, 0.5) is 0 Å². The summed E-state index contributed by atoms with van der Waals surface area (Å²) in [5.41, 5.74) is 2.49. The van der Waals surface area contributed by atoms with Crippen LogP contribution in [0.2, 0.25) is 5.02 Å². The molecule has 1 heterocycles. The highest BCUT2D eigenvalue weighted by Gasteiger charge is 2.13. The van der Waals surface area contributed by atoms with Crippen LogP contribution in [0.3, 0.4) is 0 Å². The first-order valence-corrected chi connectivity index (χ1v) is 6.31. The predicted octanol–water partition coefficient (Wildman–Crippen LogP) is 3.27. The Balaban J connectivity index is 2.57. The number of aliphatic hydroxyl groups excluding tert-OH is 1. The molecule has 0 aliphatic heterocycles. The van der Waals surface area contributed by atoms with E-state index in [-0.39, 0.29) is 6.61 Å². The van der Waals surface area contributed by atoms with Crippen LogP contribution < -0.4 is 4.74 Å². The van der Waals surface area contributed by atoms with Crippen molar-refractivity contribution in [3.8, 4) is 16.3 Å². The largest absolute Gasteiger partial charge is 0.496 e. The second-order valence-corrected chi connectivity index (χ2v) is 4.90. The Morgan fingerprint density at radius 1 is 1.47 bits per heavy atom. The first-order valence-electron chi connectivity index (χ1n) is 5.05. The van der Waals surface area contributed by atoms with Crippen molar-refractivity contribution >= 4 is 22.9 Å². The number of aromatic nitrogens is 1. The lowest BCUT2D eigenvalue weighted by Gasteiger charge is -2.10. The van der Waals surface area contributed by atoms with Gasteiger partial charge in [0.25, 0.3) is 0 Å². The van der Waals surface area contributed by atoms with Crippen LogP contribution in [0.1, 0.15) is 11.3 Å². The minimum absolute atomic E-state index is 0.0572. The molecule has 0 amide bonds. The number of halogens is 1. The Morgan fingerprint density at radius 3 is 2.82 bits per heavy atom. The molecule has 0 unspecified atom stereocenters. The van der Waals surface area contributed by atoms with E-state index in [1.54, 1.807) is 7.11 Å². The summed E-state index contributed by atoms with van der Waals surface area (Å²) in [4.78, 5) is 4.32. The van der Waals surface area contributed by atoms with E-state index in [9.17, 15) is 0 Å².